The highest BCUT2D eigenvalue weighted by atomic mass is 16.5. The molecular weight excluding hydrogens is 370 g/mol. The van der Waals surface area contributed by atoms with Crippen molar-refractivity contribution in [3.05, 3.63) is 59.7 Å². The Morgan fingerprint density at radius 3 is 2.69 bits per heavy atom. The zero-order chi connectivity index (χ0) is 20.4. The first-order valence-corrected chi connectivity index (χ1v) is 9.79. The lowest BCUT2D eigenvalue weighted by atomic mass is 10.0. The van der Waals surface area contributed by atoms with E-state index in [1.54, 1.807) is 36.3 Å². The van der Waals surface area contributed by atoms with E-state index in [2.05, 4.69) is 10.6 Å². The maximum Gasteiger partial charge on any atom is 0.246 e. The Bertz CT molecular complexity index is 899. The van der Waals surface area contributed by atoms with Crippen LogP contribution in [0.5, 0.6) is 11.5 Å². The Hall–Kier alpha value is -3.06. The molecule has 2 amide bonds. The van der Waals surface area contributed by atoms with Crippen LogP contribution in [0.15, 0.2) is 48.5 Å². The van der Waals surface area contributed by atoms with E-state index in [1.807, 2.05) is 24.3 Å². The predicted octanol–water partition coefficient (Wildman–Crippen LogP) is 1.20. The number of piperazine rings is 1. The van der Waals surface area contributed by atoms with Gasteiger partial charge in [0.2, 0.25) is 11.8 Å². The molecule has 0 bridgehead atoms. The number of carbonyl (C=O) groups excluding carboxylic acids is 2. The number of nitrogens with zero attached hydrogens (tertiary/aromatic N) is 1. The number of ether oxygens (including phenoxy) is 1. The fraction of sp³-hybridized carbons (Fsp3) is 0.364. The molecule has 3 N–H and O–H groups in total. The van der Waals surface area contributed by atoms with Crippen LogP contribution in [0.25, 0.3) is 0 Å². The Morgan fingerprint density at radius 2 is 1.93 bits per heavy atom. The van der Waals surface area contributed by atoms with Crippen LogP contribution in [0.4, 0.5) is 0 Å². The summed E-state index contributed by atoms with van der Waals surface area (Å²) in [7, 11) is 1.64. The Kier molecular flexibility index (Phi) is 5.40. The second-order valence-electron chi connectivity index (χ2n) is 7.56. The number of phenolic OH excluding ortho intramolecular Hbond substituents is 1. The first-order chi connectivity index (χ1) is 14.0. The summed E-state index contributed by atoms with van der Waals surface area (Å²) >= 11 is 0. The van der Waals surface area contributed by atoms with Gasteiger partial charge in [0.05, 0.1) is 7.11 Å². The third-order valence-corrected chi connectivity index (χ3v) is 5.65. The number of hydrogen-bond donors (Lipinski definition) is 3. The highest BCUT2D eigenvalue weighted by molar-refractivity contribution is 5.97. The van der Waals surface area contributed by atoms with Crippen LogP contribution in [-0.2, 0) is 22.6 Å². The topological polar surface area (TPSA) is 90.9 Å². The summed E-state index contributed by atoms with van der Waals surface area (Å²) in [6.07, 6.45) is 1.01. The molecule has 0 radical (unpaired) electrons. The van der Waals surface area contributed by atoms with Crippen molar-refractivity contribution in [2.75, 3.05) is 13.7 Å². The largest absolute Gasteiger partial charge is 0.508 e. The number of hydrogen-bond acceptors (Lipinski definition) is 5. The summed E-state index contributed by atoms with van der Waals surface area (Å²) in [4.78, 5) is 27.3. The molecule has 7 heteroatoms. The zero-order valence-electron chi connectivity index (χ0n) is 16.3. The van der Waals surface area contributed by atoms with Crippen molar-refractivity contribution in [3.63, 3.8) is 0 Å². The molecule has 0 unspecified atom stereocenters. The van der Waals surface area contributed by atoms with E-state index in [9.17, 15) is 14.7 Å². The molecular formula is C22H25N3O4. The number of nitrogens with one attached hydrogen (secondary N) is 2. The normalized spacial score (nSPS) is 23.6. The molecule has 0 spiro atoms. The van der Waals surface area contributed by atoms with Crippen LogP contribution in [0.1, 0.15) is 17.5 Å². The van der Waals surface area contributed by atoms with E-state index >= 15 is 0 Å². The van der Waals surface area contributed by atoms with Gasteiger partial charge in [0, 0.05) is 31.1 Å². The lowest BCUT2D eigenvalue weighted by Crippen LogP contribution is -2.61. The molecule has 2 aromatic carbocycles. The first-order valence-electron chi connectivity index (χ1n) is 9.79. The van der Waals surface area contributed by atoms with Gasteiger partial charge in [-0.1, -0.05) is 30.3 Å². The second-order valence-corrected chi connectivity index (χ2v) is 7.56. The monoisotopic (exact) mass is 395 g/mol. The number of amides is 2. The number of para-hydroxylation sites is 1. The summed E-state index contributed by atoms with van der Waals surface area (Å²) in [5.74, 6) is 0.842. The van der Waals surface area contributed by atoms with Gasteiger partial charge in [-0.2, -0.15) is 0 Å². The van der Waals surface area contributed by atoms with Gasteiger partial charge in [-0.05, 0) is 30.2 Å². The second kappa shape index (κ2) is 8.13. The summed E-state index contributed by atoms with van der Waals surface area (Å²) < 4.78 is 5.38. The highest BCUT2D eigenvalue weighted by Gasteiger charge is 2.46. The van der Waals surface area contributed by atoms with Crippen molar-refractivity contribution >= 4 is 11.8 Å². The molecule has 0 aliphatic carbocycles. The summed E-state index contributed by atoms with van der Waals surface area (Å²) in [6.45, 7) is 1.13. The number of fused-ring (bicyclic) bond motifs is 1. The average molecular weight is 395 g/mol. The zero-order valence-corrected chi connectivity index (χ0v) is 16.3. The molecule has 2 saturated heterocycles. The molecule has 0 aromatic heterocycles. The fourth-order valence-corrected chi connectivity index (χ4v) is 4.12. The molecule has 3 atom stereocenters. The number of phenols is 1. The molecule has 2 fully saturated rings. The molecule has 7 nitrogen and oxygen atoms in total. The van der Waals surface area contributed by atoms with E-state index < -0.39 is 12.1 Å². The number of methoxy groups -OCH3 is 1. The van der Waals surface area contributed by atoms with Crippen molar-refractivity contribution in [1.82, 2.24) is 15.5 Å². The van der Waals surface area contributed by atoms with Gasteiger partial charge in [0.15, 0.2) is 0 Å². The minimum atomic E-state index is -0.573. The molecule has 2 aliphatic heterocycles. The Labute approximate surface area is 169 Å². The number of carbonyl (C=O) groups is 2. The molecule has 152 valence electrons. The first kappa shape index (κ1) is 19.3. The standard InChI is InChI=1S/C22H25N3O4/c1-29-20-5-3-2-4-15(20)12-23-16-11-19-21(27)24-18(22(28)25(19)13-16)10-14-6-8-17(26)9-7-14/h2-9,16,18-19,23,26H,10-13H2,1H3,(H,24,27)/t16-,18-,19-/m0/s1. The van der Waals surface area contributed by atoms with Crippen molar-refractivity contribution in [3.8, 4) is 11.5 Å². The number of aromatic hydroxyl groups is 1. The Morgan fingerprint density at radius 1 is 1.17 bits per heavy atom. The van der Waals surface area contributed by atoms with Crippen LogP contribution in [0.3, 0.4) is 0 Å². The third-order valence-electron chi connectivity index (χ3n) is 5.65. The van der Waals surface area contributed by atoms with Crippen molar-refractivity contribution in [2.24, 2.45) is 0 Å². The highest BCUT2D eigenvalue weighted by Crippen LogP contribution is 2.25. The van der Waals surface area contributed by atoms with Gasteiger partial charge < -0.3 is 25.4 Å². The van der Waals surface area contributed by atoms with Gasteiger partial charge in [-0.25, -0.2) is 0 Å². The van der Waals surface area contributed by atoms with E-state index in [-0.39, 0.29) is 23.6 Å². The van der Waals surface area contributed by atoms with E-state index in [1.165, 1.54) is 0 Å². The summed E-state index contributed by atoms with van der Waals surface area (Å²) in [5, 5.41) is 15.7. The van der Waals surface area contributed by atoms with E-state index in [4.69, 9.17) is 4.74 Å². The molecule has 4 rings (SSSR count). The number of rotatable bonds is 6. The average Bonchev–Trinajstić information content (AvgIpc) is 3.17. The van der Waals surface area contributed by atoms with E-state index in [0.717, 1.165) is 16.9 Å². The van der Waals surface area contributed by atoms with Crippen LogP contribution in [0, 0.1) is 0 Å². The van der Waals surface area contributed by atoms with E-state index in [0.29, 0.717) is 25.9 Å². The minimum Gasteiger partial charge on any atom is -0.508 e. The lowest BCUT2D eigenvalue weighted by Gasteiger charge is -2.34. The van der Waals surface area contributed by atoms with Gasteiger partial charge >= 0.3 is 0 Å². The summed E-state index contributed by atoms with van der Waals surface area (Å²) in [6, 6.07) is 13.6. The van der Waals surface area contributed by atoms with Crippen molar-refractivity contribution in [1.29, 1.82) is 0 Å². The van der Waals surface area contributed by atoms with Crippen LogP contribution in [-0.4, -0.2) is 53.6 Å². The van der Waals surface area contributed by atoms with Gasteiger partial charge in [-0.15, -0.1) is 0 Å². The Balaban J connectivity index is 1.39. The maximum atomic E-state index is 13.0. The molecule has 29 heavy (non-hydrogen) atoms. The number of benzene rings is 2. The summed E-state index contributed by atoms with van der Waals surface area (Å²) in [5.41, 5.74) is 1.94. The quantitative estimate of drug-likeness (QED) is 0.684. The third kappa shape index (κ3) is 4.05. The lowest BCUT2D eigenvalue weighted by molar-refractivity contribution is -0.147. The van der Waals surface area contributed by atoms with Gasteiger partial charge in [-0.3, -0.25) is 9.59 Å². The van der Waals surface area contributed by atoms with Crippen LogP contribution >= 0.6 is 0 Å². The molecule has 2 aromatic rings. The van der Waals surface area contributed by atoms with Crippen molar-refractivity contribution in [2.45, 2.75) is 37.5 Å². The molecule has 2 heterocycles. The molecule has 2 aliphatic rings. The SMILES string of the molecule is COc1ccccc1CN[C@H]1C[C@H]2C(=O)N[C@@H](Cc3ccc(O)cc3)C(=O)N2C1. The maximum absolute atomic E-state index is 13.0. The van der Waals surface area contributed by atoms with Crippen LogP contribution in [0.2, 0.25) is 0 Å². The predicted molar refractivity (Wildman–Crippen MR) is 107 cm³/mol. The molecule has 0 saturated carbocycles. The minimum absolute atomic E-state index is 0.0482. The van der Waals surface area contributed by atoms with Crippen molar-refractivity contribution < 1.29 is 19.4 Å². The van der Waals surface area contributed by atoms with Gasteiger partial charge in [0.25, 0.3) is 0 Å². The van der Waals surface area contributed by atoms with Gasteiger partial charge in [0.1, 0.15) is 23.6 Å². The smallest absolute Gasteiger partial charge is 0.246 e. The van der Waals surface area contributed by atoms with Crippen LogP contribution < -0.4 is 15.4 Å². The fourth-order valence-electron chi connectivity index (χ4n) is 4.12.